The molecular weight excluding hydrogens is 388 g/mol. The Morgan fingerprint density at radius 1 is 1.00 bits per heavy atom. The van der Waals surface area contributed by atoms with Crippen LogP contribution in [-0.2, 0) is 0 Å². The molecule has 3 aromatic rings. The van der Waals surface area contributed by atoms with Crippen molar-refractivity contribution < 1.29 is 21.2 Å². The highest BCUT2D eigenvalue weighted by Crippen LogP contribution is 2.29. The summed E-state index contributed by atoms with van der Waals surface area (Å²) in [4.78, 5) is 9.77. The van der Waals surface area contributed by atoms with Crippen molar-refractivity contribution in [1.82, 2.24) is 9.97 Å². The molecule has 6 N–H and O–H groups in total. The van der Waals surface area contributed by atoms with Crippen LogP contribution in [-0.4, -0.2) is 25.7 Å². The molecule has 0 aliphatic heterocycles. The lowest BCUT2D eigenvalue weighted by molar-refractivity contribution is -0.825. The lowest BCUT2D eigenvalue weighted by atomic mass is 10.00. The Labute approximate surface area is 166 Å². The molecule has 0 saturated carbocycles. The van der Waals surface area contributed by atoms with Gasteiger partial charge in [-0.05, 0) is 43.0 Å². The number of anilines is 1. The first-order valence-electron chi connectivity index (χ1n) is 7.88. The first kappa shape index (κ1) is 21.1. The first-order valence-corrected chi connectivity index (χ1v) is 9.08. The Balaban J connectivity index is 0.00000126. The van der Waals surface area contributed by atoms with Crippen molar-refractivity contribution in [3.05, 3.63) is 64.8 Å². The van der Waals surface area contributed by atoms with E-state index in [1.54, 1.807) is 6.07 Å². The van der Waals surface area contributed by atoms with Crippen molar-refractivity contribution in [2.24, 2.45) is 0 Å². The van der Waals surface area contributed by atoms with Crippen LogP contribution in [0.5, 0.6) is 0 Å². The minimum Gasteiger partial charge on any atom is -0.294 e. The number of halogens is 1. The zero-order valence-electron chi connectivity index (χ0n) is 14.7. The molecule has 1 aromatic heterocycles. The summed E-state index contributed by atoms with van der Waals surface area (Å²) in [6, 6.07) is 15.4. The summed E-state index contributed by atoms with van der Waals surface area (Å²) in [5.74, 6) is 0.438. The van der Waals surface area contributed by atoms with Gasteiger partial charge in [0.25, 0.3) is 0 Å². The van der Waals surface area contributed by atoms with Crippen molar-refractivity contribution in [1.29, 1.82) is 0 Å². The number of hydrogen-bond donors (Lipinski definition) is 5. The lowest BCUT2D eigenvalue weighted by Gasteiger charge is -2.11. The molecule has 0 spiro atoms. The van der Waals surface area contributed by atoms with Gasteiger partial charge in [-0.25, -0.2) is 15.2 Å². The second-order valence-electron chi connectivity index (χ2n) is 5.57. The van der Waals surface area contributed by atoms with Crippen LogP contribution in [0, 0.1) is 13.8 Å². The molecular formula is C18H20ClN4O3S+. The average Bonchev–Trinajstić information content (AvgIpc) is 2.68. The molecule has 142 valence electrons. The summed E-state index contributed by atoms with van der Waals surface area (Å²) in [7, 11) is 0. The maximum atomic E-state index is 9.10. The van der Waals surface area contributed by atoms with Crippen molar-refractivity contribution >= 4 is 35.2 Å². The van der Waals surface area contributed by atoms with Gasteiger partial charge in [-0.2, -0.15) is 5.48 Å². The number of quaternary nitrogens is 1. The summed E-state index contributed by atoms with van der Waals surface area (Å²) in [6.45, 7) is 4.11. The second kappa shape index (κ2) is 10.2. The smallest absolute Gasteiger partial charge is 0.235 e. The van der Waals surface area contributed by atoms with Crippen LogP contribution in [0.3, 0.4) is 0 Å². The van der Waals surface area contributed by atoms with Gasteiger partial charge in [0.2, 0.25) is 5.95 Å². The van der Waals surface area contributed by atoms with Crippen molar-refractivity contribution in [2.75, 3.05) is 4.72 Å². The highest BCUT2D eigenvalue weighted by atomic mass is 35.5. The van der Waals surface area contributed by atoms with Gasteiger partial charge < -0.3 is 0 Å². The number of rotatable bonds is 5. The molecule has 0 atom stereocenters. The summed E-state index contributed by atoms with van der Waals surface area (Å²) in [6.07, 6.45) is 0. The van der Waals surface area contributed by atoms with Gasteiger partial charge >= 0.3 is 0 Å². The molecule has 0 amide bonds. The first-order chi connectivity index (χ1) is 13.1. The van der Waals surface area contributed by atoms with Crippen LogP contribution >= 0.6 is 23.5 Å². The minimum absolute atomic E-state index is 0.383. The third-order valence-corrected chi connectivity index (χ3v) is 4.67. The Morgan fingerprint density at radius 2 is 1.67 bits per heavy atom. The van der Waals surface area contributed by atoms with E-state index >= 15 is 0 Å². The molecule has 0 fully saturated rings. The predicted octanol–water partition coefficient (Wildman–Crippen LogP) is 4.13. The highest BCUT2D eigenvalue weighted by molar-refractivity contribution is 8.00. The molecule has 0 saturated heterocycles. The summed E-state index contributed by atoms with van der Waals surface area (Å²) >= 11 is 7.55. The van der Waals surface area contributed by atoms with Gasteiger partial charge in [0.15, 0.2) is 5.69 Å². The Hall–Kier alpha value is -2.20. The van der Waals surface area contributed by atoms with Gasteiger partial charge in [0.1, 0.15) is 5.15 Å². The van der Waals surface area contributed by atoms with Crippen LogP contribution in [0.15, 0.2) is 53.4 Å². The fraction of sp³-hybridized carbons (Fsp3) is 0.111. The quantitative estimate of drug-likeness (QED) is 0.142. The topological polar surface area (TPSA) is 115 Å². The third kappa shape index (κ3) is 5.64. The predicted molar refractivity (Wildman–Crippen MR) is 107 cm³/mol. The maximum Gasteiger partial charge on any atom is 0.235 e. The van der Waals surface area contributed by atoms with Crippen molar-refractivity contribution in [3.63, 3.8) is 0 Å². The number of nitrogens with zero attached hydrogens (tertiary/aromatic N) is 2. The minimum atomic E-state index is 0.383. The Morgan fingerprint density at radius 3 is 2.33 bits per heavy atom. The zero-order valence-corrected chi connectivity index (χ0v) is 16.3. The van der Waals surface area contributed by atoms with Gasteiger partial charge in [-0.15, -0.1) is 0 Å². The van der Waals surface area contributed by atoms with Crippen LogP contribution in [0.1, 0.15) is 11.1 Å². The molecule has 27 heavy (non-hydrogen) atoms. The van der Waals surface area contributed by atoms with E-state index in [4.69, 9.17) is 27.3 Å². The molecule has 0 bridgehead atoms. The molecule has 0 unspecified atom stereocenters. The van der Waals surface area contributed by atoms with E-state index in [1.165, 1.54) is 11.9 Å². The van der Waals surface area contributed by atoms with Crippen LogP contribution in [0.25, 0.3) is 11.3 Å². The fourth-order valence-corrected chi connectivity index (χ4v) is 3.40. The van der Waals surface area contributed by atoms with Crippen LogP contribution in [0.4, 0.5) is 11.6 Å². The molecule has 9 heteroatoms. The van der Waals surface area contributed by atoms with Crippen molar-refractivity contribution in [2.45, 2.75) is 18.7 Å². The SMILES string of the molecule is Cc1cccc(C)c1-c1cc(Cl)nc(NSc2cccc([NH2+]O)c2)n1.OO. The van der Waals surface area contributed by atoms with E-state index in [2.05, 4.69) is 40.7 Å². The third-order valence-electron chi connectivity index (χ3n) is 3.70. The van der Waals surface area contributed by atoms with Crippen LogP contribution < -0.4 is 10.2 Å². The van der Waals surface area contributed by atoms with E-state index in [1.807, 2.05) is 30.3 Å². The molecule has 3 rings (SSSR count). The molecule has 1 heterocycles. The maximum absolute atomic E-state index is 9.10. The molecule has 2 aromatic carbocycles. The van der Waals surface area contributed by atoms with E-state index in [9.17, 15) is 0 Å². The molecule has 7 nitrogen and oxygen atoms in total. The summed E-state index contributed by atoms with van der Waals surface area (Å²) in [5, 5.41) is 21.5. The standard InChI is InChI=1S/C18H17ClN4OS.H2O2/c1-11-5-3-6-12(2)17(11)15-10-16(19)21-18(20-15)23-25-14-8-4-7-13(9-14)22-24;1-2/h3-10,22,24H,1-2H3,(H,20,21,23);1-2H/p+1. The number of hydrogen-bond acceptors (Lipinski definition) is 7. The average molecular weight is 408 g/mol. The van der Waals surface area contributed by atoms with E-state index in [-0.39, 0.29) is 0 Å². The number of aryl methyl sites for hydroxylation is 2. The molecule has 0 aliphatic carbocycles. The summed E-state index contributed by atoms with van der Waals surface area (Å²) < 4.78 is 3.12. The lowest BCUT2D eigenvalue weighted by Crippen LogP contribution is -2.73. The fourth-order valence-electron chi connectivity index (χ4n) is 2.57. The van der Waals surface area contributed by atoms with E-state index in [0.717, 1.165) is 38.4 Å². The number of nitrogens with two attached hydrogens (primary N) is 1. The number of nitrogens with one attached hydrogen (secondary N) is 1. The van der Waals surface area contributed by atoms with Crippen molar-refractivity contribution in [3.8, 4) is 11.3 Å². The molecule has 0 radical (unpaired) electrons. The highest BCUT2D eigenvalue weighted by Gasteiger charge is 2.11. The van der Waals surface area contributed by atoms with E-state index in [0.29, 0.717) is 11.1 Å². The Bertz CT molecular complexity index is 891. The van der Waals surface area contributed by atoms with Gasteiger partial charge in [0, 0.05) is 28.7 Å². The van der Waals surface area contributed by atoms with Gasteiger partial charge in [-0.3, -0.25) is 15.2 Å². The summed E-state index contributed by atoms with van der Waals surface area (Å²) in [5.41, 5.74) is 5.93. The zero-order chi connectivity index (χ0) is 19.8. The van der Waals surface area contributed by atoms with Gasteiger partial charge in [-0.1, -0.05) is 35.9 Å². The normalized spacial score (nSPS) is 10.1. The largest absolute Gasteiger partial charge is 0.294 e. The Kier molecular flexibility index (Phi) is 7.99. The molecule has 0 aliphatic rings. The second-order valence-corrected chi connectivity index (χ2v) is 6.84. The monoisotopic (exact) mass is 407 g/mol. The van der Waals surface area contributed by atoms with Gasteiger partial charge in [0.05, 0.1) is 5.69 Å². The number of aromatic nitrogens is 2. The number of benzene rings is 2. The van der Waals surface area contributed by atoms with Crippen LogP contribution in [0.2, 0.25) is 5.15 Å². The van der Waals surface area contributed by atoms with E-state index < -0.39 is 0 Å².